The van der Waals surface area contributed by atoms with Crippen molar-refractivity contribution in [3.8, 4) is 0 Å². The summed E-state index contributed by atoms with van der Waals surface area (Å²) in [5.41, 5.74) is -0.585. The number of rotatable bonds is 4. The van der Waals surface area contributed by atoms with E-state index in [1.165, 1.54) is 4.88 Å². The average Bonchev–Trinajstić information content (AvgIpc) is 2.65. The maximum atomic E-state index is 10.2. The lowest BCUT2D eigenvalue weighted by molar-refractivity contribution is -0.0616. The molecule has 0 radical (unpaired) electrons. The first-order valence-corrected chi connectivity index (χ1v) is 6.42. The molecule has 1 saturated heterocycles. The molecule has 1 aromatic heterocycles. The SMILES string of the molecule is Cc1ncc(CNCC2(O)CCOCC2)s1. The van der Waals surface area contributed by atoms with Gasteiger partial charge in [0.2, 0.25) is 0 Å². The van der Waals surface area contributed by atoms with Gasteiger partial charge in [-0.15, -0.1) is 11.3 Å². The summed E-state index contributed by atoms with van der Waals surface area (Å²) in [7, 11) is 0. The van der Waals surface area contributed by atoms with E-state index in [0.717, 1.165) is 24.4 Å². The standard InChI is InChI=1S/C11H18N2O2S/c1-9-13-7-10(16-9)6-12-8-11(14)2-4-15-5-3-11/h7,12,14H,2-6,8H2,1H3. The fraction of sp³-hybridized carbons (Fsp3) is 0.727. The molecule has 1 fully saturated rings. The van der Waals surface area contributed by atoms with Gasteiger partial charge in [-0.2, -0.15) is 0 Å². The number of thiazole rings is 1. The van der Waals surface area contributed by atoms with Crippen molar-refractivity contribution >= 4 is 11.3 Å². The monoisotopic (exact) mass is 242 g/mol. The van der Waals surface area contributed by atoms with Crippen molar-refractivity contribution in [3.05, 3.63) is 16.1 Å². The highest BCUT2D eigenvalue weighted by Gasteiger charge is 2.29. The Balaban J connectivity index is 1.74. The van der Waals surface area contributed by atoms with E-state index in [2.05, 4.69) is 10.3 Å². The van der Waals surface area contributed by atoms with Crippen LogP contribution in [0.3, 0.4) is 0 Å². The van der Waals surface area contributed by atoms with Crippen molar-refractivity contribution in [3.63, 3.8) is 0 Å². The first kappa shape index (κ1) is 12.0. The summed E-state index contributed by atoms with van der Waals surface area (Å²) >= 11 is 1.69. The Morgan fingerprint density at radius 2 is 2.31 bits per heavy atom. The van der Waals surface area contributed by atoms with Crippen molar-refractivity contribution in [2.75, 3.05) is 19.8 Å². The minimum absolute atomic E-state index is 0.585. The molecule has 0 bridgehead atoms. The molecular formula is C11H18N2O2S. The van der Waals surface area contributed by atoms with E-state index in [1.54, 1.807) is 11.3 Å². The number of nitrogens with one attached hydrogen (secondary N) is 1. The molecular weight excluding hydrogens is 224 g/mol. The molecule has 2 rings (SSSR count). The smallest absolute Gasteiger partial charge is 0.0897 e. The lowest BCUT2D eigenvalue weighted by Gasteiger charge is -2.32. The van der Waals surface area contributed by atoms with E-state index >= 15 is 0 Å². The molecule has 0 saturated carbocycles. The molecule has 0 atom stereocenters. The number of aliphatic hydroxyl groups is 1. The van der Waals surface area contributed by atoms with Gasteiger partial charge in [-0.05, 0) is 6.92 Å². The molecule has 0 amide bonds. The Bertz CT molecular complexity index is 334. The van der Waals surface area contributed by atoms with Gasteiger partial charge in [0.05, 0.1) is 10.6 Å². The maximum absolute atomic E-state index is 10.2. The highest BCUT2D eigenvalue weighted by Crippen LogP contribution is 2.19. The van der Waals surface area contributed by atoms with Gasteiger partial charge >= 0.3 is 0 Å². The van der Waals surface area contributed by atoms with E-state index in [0.29, 0.717) is 19.8 Å². The molecule has 0 spiro atoms. The molecule has 5 heteroatoms. The molecule has 2 N–H and O–H groups in total. The van der Waals surface area contributed by atoms with Gasteiger partial charge in [0, 0.05) is 50.2 Å². The Kier molecular flexibility index (Phi) is 3.91. The van der Waals surface area contributed by atoms with Crippen molar-refractivity contribution in [2.45, 2.75) is 31.9 Å². The van der Waals surface area contributed by atoms with E-state index in [4.69, 9.17) is 4.74 Å². The predicted octanol–water partition coefficient (Wildman–Crippen LogP) is 1.08. The number of aromatic nitrogens is 1. The fourth-order valence-corrected chi connectivity index (χ4v) is 2.60. The van der Waals surface area contributed by atoms with Gasteiger partial charge in [-0.3, -0.25) is 0 Å². The second kappa shape index (κ2) is 5.23. The normalized spacial score (nSPS) is 19.9. The minimum atomic E-state index is -0.585. The Labute approximate surface area is 99.7 Å². The molecule has 1 aliphatic rings. The predicted molar refractivity (Wildman–Crippen MR) is 63.6 cm³/mol. The first-order chi connectivity index (χ1) is 7.68. The zero-order valence-electron chi connectivity index (χ0n) is 9.53. The summed E-state index contributed by atoms with van der Waals surface area (Å²) in [6.45, 7) is 4.75. The summed E-state index contributed by atoms with van der Waals surface area (Å²) < 4.78 is 5.24. The molecule has 90 valence electrons. The quantitative estimate of drug-likeness (QED) is 0.829. The molecule has 0 aliphatic carbocycles. The lowest BCUT2D eigenvalue weighted by atomic mass is 9.94. The molecule has 1 aliphatic heterocycles. The van der Waals surface area contributed by atoms with Crippen molar-refractivity contribution in [1.82, 2.24) is 10.3 Å². The summed E-state index contributed by atoms with van der Waals surface area (Å²) in [6.07, 6.45) is 3.34. The Hall–Kier alpha value is -0.490. The summed E-state index contributed by atoms with van der Waals surface area (Å²) in [6, 6.07) is 0. The van der Waals surface area contributed by atoms with Crippen LogP contribution >= 0.6 is 11.3 Å². The number of hydrogen-bond acceptors (Lipinski definition) is 5. The van der Waals surface area contributed by atoms with Gasteiger partial charge in [-0.1, -0.05) is 0 Å². The number of aryl methyl sites for hydroxylation is 1. The number of nitrogens with zero attached hydrogens (tertiary/aromatic N) is 1. The highest BCUT2D eigenvalue weighted by molar-refractivity contribution is 7.11. The van der Waals surface area contributed by atoms with Crippen LogP contribution in [0.4, 0.5) is 0 Å². The third-order valence-corrected chi connectivity index (χ3v) is 3.76. The van der Waals surface area contributed by atoms with E-state index in [-0.39, 0.29) is 0 Å². The highest BCUT2D eigenvalue weighted by atomic mass is 32.1. The van der Waals surface area contributed by atoms with Gasteiger partial charge in [0.15, 0.2) is 0 Å². The van der Waals surface area contributed by atoms with Crippen LogP contribution in [0, 0.1) is 6.92 Å². The fourth-order valence-electron chi connectivity index (χ4n) is 1.83. The van der Waals surface area contributed by atoms with Crippen LogP contribution < -0.4 is 5.32 Å². The topological polar surface area (TPSA) is 54.4 Å². The van der Waals surface area contributed by atoms with Gasteiger partial charge in [0.1, 0.15) is 0 Å². The summed E-state index contributed by atoms with van der Waals surface area (Å²) in [5.74, 6) is 0. The van der Waals surface area contributed by atoms with Gasteiger partial charge in [0.25, 0.3) is 0 Å². The van der Waals surface area contributed by atoms with Crippen LogP contribution in [0.5, 0.6) is 0 Å². The van der Waals surface area contributed by atoms with E-state index < -0.39 is 5.60 Å². The minimum Gasteiger partial charge on any atom is -0.388 e. The molecule has 16 heavy (non-hydrogen) atoms. The van der Waals surface area contributed by atoms with E-state index in [9.17, 15) is 5.11 Å². The molecule has 1 aromatic rings. The average molecular weight is 242 g/mol. The number of hydrogen-bond donors (Lipinski definition) is 2. The van der Waals surface area contributed by atoms with Gasteiger partial charge in [-0.25, -0.2) is 4.98 Å². The summed E-state index contributed by atoms with van der Waals surface area (Å²) in [4.78, 5) is 5.41. The van der Waals surface area contributed by atoms with Gasteiger partial charge < -0.3 is 15.2 Å². The Morgan fingerprint density at radius 3 is 2.94 bits per heavy atom. The molecule has 0 unspecified atom stereocenters. The first-order valence-electron chi connectivity index (χ1n) is 5.60. The van der Waals surface area contributed by atoms with Crippen LogP contribution in [-0.4, -0.2) is 35.5 Å². The van der Waals surface area contributed by atoms with Crippen LogP contribution in [0.2, 0.25) is 0 Å². The second-order valence-corrected chi connectivity index (χ2v) is 5.61. The van der Waals surface area contributed by atoms with Crippen molar-refractivity contribution in [1.29, 1.82) is 0 Å². The van der Waals surface area contributed by atoms with Crippen molar-refractivity contribution in [2.24, 2.45) is 0 Å². The van der Waals surface area contributed by atoms with Crippen LogP contribution in [0.15, 0.2) is 6.20 Å². The maximum Gasteiger partial charge on any atom is 0.0897 e. The second-order valence-electron chi connectivity index (χ2n) is 4.29. The zero-order valence-corrected chi connectivity index (χ0v) is 10.3. The number of ether oxygens (including phenoxy) is 1. The lowest BCUT2D eigenvalue weighted by Crippen LogP contribution is -2.44. The van der Waals surface area contributed by atoms with Crippen LogP contribution in [0.1, 0.15) is 22.7 Å². The van der Waals surface area contributed by atoms with Crippen LogP contribution in [0.25, 0.3) is 0 Å². The van der Waals surface area contributed by atoms with Crippen LogP contribution in [-0.2, 0) is 11.3 Å². The largest absolute Gasteiger partial charge is 0.388 e. The van der Waals surface area contributed by atoms with Crippen molar-refractivity contribution < 1.29 is 9.84 Å². The molecule has 4 nitrogen and oxygen atoms in total. The zero-order chi connectivity index (χ0) is 11.4. The third-order valence-electron chi connectivity index (χ3n) is 2.85. The summed E-state index contributed by atoms with van der Waals surface area (Å²) in [5, 5.41) is 14.6. The van der Waals surface area contributed by atoms with E-state index in [1.807, 2.05) is 13.1 Å². The molecule has 2 heterocycles. The Morgan fingerprint density at radius 1 is 1.56 bits per heavy atom. The third kappa shape index (κ3) is 3.25. The molecule has 0 aromatic carbocycles.